The number of hydrogen-bond donors (Lipinski definition) is 0. The number of likely N-dealkylation sites (tertiary alicyclic amines) is 1. The van der Waals surface area contributed by atoms with Crippen LogP contribution in [0.1, 0.15) is 37.9 Å². The van der Waals surface area contributed by atoms with E-state index in [0.717, 1.165) is 42.0 Å². The van der Waals surface area contributed by atoms with E-state index in [-0.39, 0.29) is 11.9 Å². The van der Waals surface area contributed by atoms with Crippen LogP contribution in [0.3, 0.4) is 0 Å². The van der Waals surface area contributed by atoms with Gasteiger partial charge in [-0.3, -0.25) is 4.79 Å². The fraction of sp³-hybridized carbons (Fsp3) is 0.450. The molecule has 26 heavy (non-hydrogen) atoms. The number of aromatic nitrogens is 2. The standard InChI is InChI=1S/C20H26N4O2/c1-5-18(25)24-11-7-10-17(24)19-16(13-21-20(22-19)23(2)3)14-8-6-9-15(12-14)26-4/h6,8-9,12-13,17H,5,7,10-11H2,1-4H3/t17-/m0/s1. The molecule has 0 aliphatic carbocycles. The molecule has 138 valence electrons. The summed E-state index contributed by atoms with van der Waals surface area (Å²) in [5.74, 6) is 1.62. The molecule has 1 aliphatic rings. The Morgan fingerprint density at radius 3 is 2.88 bits per heavy atom. The highest BCUT2D eigenvalue weighted by molar-refractivity contribution is 5.77. The Balaban J connectivity index is 2.11. The van der Waals surface area contributed by atoms with Gasteiger partial charge in [-0.1, -0.05) is 19.1 Å². The van der Waals surface area contributed by atoms with Crippen molar-refractivity contribution in [2.45, 2.75) is 32.2 Å². The summed E-state index contributed by atoms with van der Waals surface area (Å²) in [4.78, 5) is 25.6. The van der Waals surface area contributed by atoms with Crippen molar-refractivity contribution in [2.75, 3.05) is 32.6 Å². The molecule has 0 N–H and O–H groups in total. The number of rotatable bonds is 5. The van der Waals surface area contributed by atoms with E-state index in [1.54, 1.807) is 7.11 Å². The van der Waals surface area contributed by atoms with E-state index in [0.29, 0.717) is 12.4 Å². The van der Waals surface area contributed by atoms with Gasteiger partial charge in [0.2, 0.25) is 11.9 Å². The number of methoxy groups -OCH3 is 1. The third-order valence-corrected chi connectivity index (χ3v) is 4.78. The largest absolute Gasteiger partial charge is 0.497 e. The minimum atomic E-state index is -0.00893. The summed E-state index contributed by atoms with van der Waals surface area (Å²) < 4.78 is 5.37. The fourth-order valence-electron chi connectivity index (χ4n) is 3.42. The Bertz CT molecular complexity index is 791. The first-order chi connectivity index (χ1) is 12.5. The number of amides is 1. The monoisotopic (exact) mass is 354 g/mol. The molecule has 3 rings (SSSR count). The molecule has 2 heterocycles. The Kier molecular flexibility index (Phi) is 5.40. The van der Waals surface area contributed by atoms with Gasteiger partial charge < -0.3 is 14.5 Å². The van der Waals surface area contributed by atoms with Crippen LogP contribution in [0.2, 0.25) is 0 Å². The Morgan fingerprint density at radius 2 is 2.19 bits per heavy atom. The predicted molar refractivity (Wildman–Crippen MR) is 102 cm³/mol. The molecule has 0 bridgehead atoms. The highest BCUT2D eigenvalue weighted by Gasteiger charge is 2.32. The number of nitrogens with zero attached hydrogens (tertiary/aromatic N) is 4. The van der Waals surface area contributed by atoms with Gasteiger partial charge in [-0.2, -0.15) is 0 Å². The van der Waals surface area contributed by atoms with Crippen molar-refractivity contribution in [2.24, 2.45) is 0 Å². The first kappa shape index (κ1) is 18.2. The fourth-order valence-corrected chi connectivity index (χ4v) is 3.42. The second kappa shape index (κ2) is 7.72. The maximum absolute atomic E-state index is 12.4. The summed E-state index contributed by atoms with van der Waals surface area (Å²) in [6, 6.07) is 7.88. The van der Waals surface area contributed by atoms with Crippen molar-refractivity contribution in [3.8, 4) is 16.9 Å². The molecule has 1 fully saturated rings. The van der Waals surface area contributed by atoms with Crippen molar-refractivity contribution >= 4 is 11.9 Å². The maximum Gasteiger partial charge on any atom is 0.225 e. The number of hydrogen-bond acceptors (Lipinski definition) is 5. The van der Waals surface area contributed by atoms with Crippen LogP contribution in [0.15, 0.2) is 30.5 Å². The van der Waals surface area contributed by atoms with Crippen LogP contribution in [0.4, 0.5) is 5.95 Å². The third-order valence-electron chi connectivity index (χ3n) is 4.78. The number of carbonyl (C=O) groups is 1. The van der Waals surface area contributed by atoms with Gasteiger partial charge in [0.15, 0.2) is 0 Å². The van der Waals surface area contributed by atoms with Crippen LogP contribution in [-0.4, -0.2) is 48.5 Å². The molecule has 1 aromatic carbocycles. The SMILES string of the molecule is CCC(=O)N1CCC[C@H]1c1nc(N(C)C)ncc1-c1cccc(OC)c1. The van der Waals surface area contributed by atoms with Crippen molar-refractivity contribution in [3.63, 3.8) is 0 Å². The van der Waals surface area contributed by atoms with Crippen molar-refractivity contribution < 1.29 is 9.53 Å². The second-order valence-corrected chi connectivity index (χ2v) is 6.69. The second-order valence-electron chi connectivity index (χ2n) is 6.69. The number of benzene rings is 1. The van der Waals surface area contributed by atoms with E-state index in [4.69, 9.17) is 9.72 Å². The van der Waals surface area contributed by atoms with Crippen LogP contribution < -0.4 is 9.64 Å². The van der Waals surface area contributed by atoms with E-state index >= 15 is 0 Å². The minimum absolute atomic E-state index is 0.00893. The molecule has 1 atom stereocenters. The molecule has 0 radical (unpaired) electrons. The molecule has 2 aromatic rings. The zero-order valence-electron chi connectivity index (χ0n) is 15.9. The van der Waals surface area contributed by atoms with E-state index in [1.807, 2.05) is 61.3 Å². The van der Waals surface area contributed by atoms with E-state index < -0.39 is 0 Å². The highest BCUT2D eigenvalue weighted by Crippen LogP contribution is 2.38. The molecule has 0 saturated carbocycles. The average Bonchev–Trinajstić information content (AvgIpc) is 3.16. The number of anilines is 1. The lowest BCUT2D eigenvalue weighted by atomic mass is 9.99. The normalized spacial score (nSPS) is 16.6. The minimum Gasteiger partial charge on any atom is -0.497 e. The average molecular weight is 354 g/mol. The molecule has 0 spiro atoms. The highest BCUT2D eigenvalue weighted by atomic mass is 16.5. The molecule has 1 aliphatic heterocycles. The van der Waals surface area contributed by atoms with Crippen molar-refractivity contribution in [1.29, 1.82) is 0 Å². The number of ether oxygens (including phenoxy) is 1. The maximum atomic E-state index is 12.4. The summed E-state index contributed by atoms with van der Waals surface area (Å²) in [5, 5.41) is 0. The number of carbonyl (C=O) groups excluding carboxylic acids is 1. The summed E-state index contributed by atoms with van der Waals surface area (Å²) >= 11 is 0. The Hall–Kier alpha value is -2.63. The molecule has 1 saturated heterocycles. The molecule has 6 heteroatoms. The molecular formula is C20H26N4O2. The van der Waals surface area contributed by atoms with E-state index in [9.17, 15) is 4.79 Å². The van der Waals surface area contributed by atoms with Gasteiger partial charge in [0.05, 0.1) is 18.8 Å². The summed E-state index contributed by atoms with van der Waals surface area (Å²) in [6.45, 7) is 2.70. The van der Waals surface area contributed by atoms with Crippen LogP contribution in [-0.2, 0) is 4.79 Å². The molecule has 0 unspecified atom stereocenters. The first-order valence-corrected chi connectivity index (χ1v) is 9.03. The van der Waals surface area contributed by atoms with Crippen molar-refractivity contribution in [3.05, 3.63) is 36.2 Å². The summed E-state index contributed by atoms with van der Waals surface area (Å²) in [7, 11) is 5.51. The van der Waals surface area contributed by atoms with Gasteiger partial charge >= 0.3 is 0 Å². The topological polar surface area (TPSA) is 58.6 Å². The summed E-state index contributed by atoms with van der Waals surface area (Å²) in [5.41, 5.74) is 2.87. The van der Waals surface area contributed by atoms with Crippen LogP contribution in [0.5, 0.6) is 5.75 Å². The molecular weight excluding hydrogens is 328 g/mol. The van der Waals surface area contributed by atoms with Crippen molar-refractivity contribution in [1.82, 2.24) is 14.9 Å². The Morgan fingerprint density at radius 1 is 1.38 bits per heavy atom. The van der Waals surface area contributed by atoms with Gasteiger partial charge in [-0.05, 0) is 30.5 Å². The van der Waals surface area contributed by atoms with E-state index in [1.165, 1.54) is 0 Å². The van der Waals surface area contributed by atoms with Gasteiger partial charge in [0.25, 0.3) is 0 Å². The third kappa shape index (κ3) is 3.49. The van der Waals surface area contributed by atoms with E-state index in [2.05, 4.69) is 4.98 Å². The lowest BCUT2D eigenvalue weighted by molar-refractivity contribution is -0.131. The van der Waals surface area contributed by atoms with Crippen LogP contribution >= 0.6 is 0 Å². The van der Waals surface area contributed by atoms with Gasteiger partial charge in [-0.25, -0.2) is 9.97 Å². The van der Waals surface area contributed by atoms with Crippen LogP contribution in [0, 0.1) is 0 Å². The Labute approximate surface area is 154 Å². The molecule has 6 nitrogen and oxygen atoms in total. The predicted octanol–water partition coefficient (Wildman–Crippen LogP) is 3.29. The summed E-state index contributed by atoms with van der Waals surface area (Å²) in [6.07, 6.45) is 4.29. The van der Waals surface area contributed by atoms with Gasteiger partial charge in [-0.15, -0.1) is 0 Å². The zero-order chi connectivity index (χ0) is 18.7. The molecule has 1 aromatic heterocycles. The zero-order valence-corrected chi connectivity index (χ0v) is 15.9. The lowest BCUT2D eigenvalue weighted by Gasteiger charge is -2.26. The van der Waals surface area contributed by atoms with Crippen LogP contribution in [0.25, 0.3) is 11.1 Å². The molecule has 1 amide bonds. The first-order valence-electron chi connectivity index (χ1n) is 9.03. The quantitative estimate of drug-likeness (QED) is 0.825. The van der Waals surface area contributed by atoms with Gasteiger partial charge in [0, 0.05) is 38.8 Å². The van der Waals surface area contributed by atoms with Gasteiger partial charge in [0.1, 0.15) is 5.75 Å². The smallest absolute Gasteiger partial charge is 0.225 e. The lowest BCUT2D eigenvalue weighted by Crippen LogP contribution is -2.31.